The molecule has 0 bridgehead atoms. The first-order valence-electron chi connectivity index (χ1n) is 9.12. The van der Waals surface area contributed by atoms with Crippen molar-refractivity contribution in [1.82, 2.24) is 0 Å². The van der Waals surface area contributed by atoms with E-state index in [1.165, 1.54) is 37.1 Å². The standard InChI is InChI=1S/C20H18ClFN2O4S2/c1-28-17-5-3-2-4-12(17)8-19(25)23-20-24(13-6-7-15(22)14(21)9-13)16-10-30(26,27)11-18(16)29-20/h2-7,9,16,18H,8,10-11H2,1H3/t16-,18+/m0/s1. The predicted octanol–water partition coefficient (Wildman–Crippen LogP) is 3.33. The number of anilines is 1. The van der Waals surface area contributed by atoms with Crippen LogP contribution in [0.3, 0.4) is 0 Å². The van der Waals surface area contributed by atoms with E-state index in [2.05, 4.69) is 4.99 Å². The van der Waals surface area contributed by atoms with Gasteiger partial charge in [-0.05, 0) is 24.3 Å². The molecule has 2 atom stereocenters. The van der Waals surface area contributed by atoms with Crippen molar-refractivity contribution in [3.63, 3.8) is 0 Å². The molecule has 2 heterocycles. The first-order valence-corrected chi connectivity index (χ1v) is 12.2. The van der Waals surface area contributed by atoms with Crippen molar-refractivity contribution < 1.29 is 22.3 Å². The number of para-hydroxylation sites is 1. The van der Waals surface area contributed by atoms with Crippen LogP contribution < -0.4 is 9.64 Å². The number of amidine groups is 1. The zero-order valence-corrected chi connectivity index (χ0v) is 18.3. The molecule has 0 spiro atoms. The summed E-state index contributed by atoms with van der Waals surface area (Å²) in [6.07, 6.45) is 0.0414. The summed E-state index contributed by atoms with van der Waals surface area (Å²) in [7, 11) is -1.67. The third-order valence-corrected chi connectivity index (χ3v) is 8.50. The van der Waals surface area contributed by atoms with E-state index in [9.17, 15) is 17.6 Å². The fourth-order valence-corrected chi connectivity index (χ4v) is 7.77. The maximum atomic E-state index is 13.7. The highest BCUT2D eigenvalue weighted by molar-refractivity contribution is 8.16. The second-order valence-electron chi connectivity index (χ2n) is 7.05. The molecule has 1 amide bonds. The van der Waals surface area contributed by atoms with E-state index < -0.39 is 15.7 Å². The topological polar surface area (TPSA) is 76.0 Å². The lowest BCUT2D eigenvalue weighted by Crippen LogP contribution is -2.37. The van der Waals surface area contributed by atoms with Crippen LogP contribution in [0.1, 0.15) is 5.56 Å². The first-order chi connectivity index (χ1) is 14.3. The minimum Gasteiger partial charge on any atom is -0.496 e. The molecule has 2 aromatic carbocycles. The molecule has 0 saturated carbocycles. The highest BCUT2D eigenvalue weighted by Gasteiger charge is 2.49. The van der Waals surface area contributed by atoms with E-state index in [1.807, 2.05) is 12.1 Å². The van der Waals surface area contributed by atoms with Crippen molar-refractivity contribution in [2.75, 3.05) is 23.5 Å². The van der Waals surface area contributed by atoms with Gasteiger partial charge in [0.15, 0.2) is 15.0 Å². The minimum atomic E-state index is -3.20. The van der Waals surface area contributed by atoms with Crippen LogP contribution in [0, 0.1) is 5.82 Å². The zero-order chi connectivity index (χ0) is 21.5. The zero-order valence-electron chi connectivity index (χ0n) is 15.9. The number of amides is 1. The highest BCUT2D eigenvalue weighted by Crippen LogP contribution is 2.41. The summed E-state index contributed by atoms with van der Waals surface area (Å²) in [5, 5.41) is 0.0561. The van der Waals surface area contributed by atoms with E-state index in [0.717, 1.165) is 0 Å². The van der Waals surface area contributed by atoms with Gasteiger partial charge in [0.1, 0.15) is 11.6 Å². The van der Waals surface area contributed by atoms with Gasteiger partial charge in [0, 0.05) is 16.5 Å². The van der Waals surface area contributed by atoms with Gasteiger partial charge in [-0.1, -0.05) is 41.6 Å². The first kappa shape index (κ1) is 21.1. The molecule has 6 nitrogen and oxygen atoms in total. The minimum absolute atomic E-state index is 0.00742. The number of halogens is 2. The highest BCUT2D eigenvalue weighted by atomic mass is 35.5. The second-order valence-corrected chi connectivity index (χ2v) is 10.8. The van der Waals surface area contributed by atoms with Crippen molar-refractivity contribution in [1.29, 1.82) is 0 Å². The lowest BCUT2D eigenvalue weighted by molar-refractivity contribution is -0.117. The third kappa shape index (κ3) is 4.19. The molecule has 0 aromatic heterocycles. The number of thioether (sulfide) groups is 1. The van der Waals surface area contributed by atoms with Crippen LogP contribution in [-0.2, 0) is 21.1 Å². The maximum Gasteiger partial charge on any atom is 0.252 e. The number of hydrogen-bond acceptors (Lipinski definition) is 5. The fraction of sp³-hybridized carbons (Fsp3) is 0.300. The van der Waals surface area contributed by atoms with E-state index in [1.54, 1.807) is 17.0 Å². The van der Waals surface area contributed by atoms with Crippen LogP contribution in [0.5, 0.6) is 5.75 Å². The quantitative estimate of drug-likeness (QED) is 0.685. The molecular weight excluding hydrogens is 451 g/mol. The van der Waals surface area contributed by atoms with Gasteiger partial charge < -0.3 is 9.64 Å². The average Bonchev–Trinajstić information content (AvgIpc) is 3.15. The van der Waals surface area contributed by atoms with Crippen molar-refractivity contribution in [2.24, 2.45) is 4.99 Å². The molecule has 10 heteroatoms. The molecule has 0 unspecified atom stereocenters. The Balaban J connectivity index is 1.66. The van der Waals surface area contributed by atoms with Crippen molar-refractivity contribution >= 4 is 50.0 Å². The van der Waals surface area contributed by atoms with Crippen LogP contribution in [0.4, 0.5) is 10.1 Å². The molecular formula is C20H18ClFN2O4S2. The smallest absolute Gasteiger partial charge is 0.252 e. The maximum absolute atomic E-state index is 13.7. The molecule has 2 fully saturated rings. The van der Waals surface area contributed by atoms with Gasteiger partial charge in [0.05, 0.1) is 36.1 Å². The van der Waals surface area contributed by atoms with Gasteiger partial charge in [-0.15, -0.1) is 0 Å². The van der Waals surface area contributed by atoms with E-state index in [0.29, 0.717) is 22.2 Å². The van der Waals surface area contributed by atoms with Crippen molar-refractivity contribution in [2.45, 2.75) is 17.7 Å². The lowest BCUT2D eigenvalue weighted by Gasteiger charge is -2.24. The molecule has 2 aromatic rings. The Morgan fingerprint density at radius 2 is 2.07 bits per heavy atom. The number of carbonyl (C=O) groups excluding carboxylic acids is 1. The Labute approximate surface area is 183 Å². The normalized spacial score (nSPS) is 23.6. The van der Waals surface area contributed by atoms with Gasteiger partial charge in [-0.3, -0.25) is 4.79 Å². The SMILES string of the molecule is COc1ccccc1CC(=O)N=C1S[C@@H]2CS(=O)(=O)C[C@@H]2N1c1ccc(F)c(Cl)c1. The molecule has 2 aliphatic heterocycles. The van der Waals surface area contributed by atoms with Gasteiger partial charge in [0.25, 0.3) is 5.91 Å². The number of sulfone groups is 1. The van der Waals surface area contributed by atoms with Gasteiger partial charge in [0.2, 0.25) is 0 Å². The summed E-state index contributed by atoms with van der Waals surface area (Å²) in [5.41, 5.74) is 1.21. The summed E-state index contributed by atoms with van der Waals surface area (Å²) in [5.74, 6) is -0.417. The summed E-state index contributed by atoms with van der Waals surface area (Å²) >= 11 is 7.19. The fourth-order valence-electron chi connectivity index (χ4n) is 3.66. The molecule has 0 aliphatic carbocycles. The van der Waals surface area contributed by atoms with Crippen LogP contribution >= 0.6 is 23.4 Å². The second kappa shape index (κ2) is 8.20. The third-order valence-electron chi connectivity index (χ3n) is 5.00. The number of fused-ring (bicyclic) bond motifs is 1. The number of benzene rings is 2. The number of hydrogen-bond donors (Lipinski definition) is 0. The van der Waals surface area contributed by atoms with E-state index >= 15 is 0 Å². The Bertz CT molecular complexity index is 1140. The molecule has 30 heavy (non-hydrogen) atoms. The Hall–Kier alpha value is -2.10. The van der Waals surface area contributed by atoms with Gasteiger partial charge in [-0.2, -0.15) is 4.99 Å². The molecule has 2 saturated heterocycles. The molecule has 4 rings (SSSR count). The van der Waals surface area contributed by atoms with Crippen LogP contribution in [0.15, 0.2) is 47.5 Å². The van der Waals surface area contributed by atoms with Gasteiger partial charge in [-0.25, -0.2) is 12.8 Å². The number of nitrogens with zero attached hydrogens (tertiary/aromatic N) is 2. The largest absolute Gasteiger partial charge is 0.496 e. The number of aliphatic imine (C=N–C) groups is 1. The van der Waals surface area contributed by atoms with Crippen LogP contribution in [0.25, 0.3) is 0 Å². The van der Waals surface area contributed by atoms with E-state index in [-0.39, 0.29) is 40.1 Å². The van der Waals surface area contributed by atoms with Gasteiger partial charge >= 0.3 is 0 Å². The lowest BCUT2D eigenvalue weighted by atomic mass is 10.1. The Kier molecular flexibility index (Phi) is 5.78. The number of rotatable bonds is 4. The average molecular weight is 469 g/mol. The molecule has 0 radical (unpaired) electrons. The molecule has 158 valence electrons. The monoisotopic (exact) mass is 468 g/mol. The number of carbonyl (C=O) groups is 1. The van der Waals surface area contributed by atoms with Crippen LogP contribution in [0.2, 0.25) is 5.02 Å². The Morgan fingerprint density at radius 1 is 1.30 bits per heavy atom. The Morgan fingerprint density at radius 3 is 2.80 bits per heavy atom. The summed E-state index contributed by atoms with van der Waals surface area (Å²) < 4.78 is 43.2. The van der Waals surface area contributed by atoms with Crippen LogP contribution in [-0.4, -0.2) is 49.4 Å². The van der Waals surface area contributed by atoms with Crippen molar-refractivity contribution in [3.8, 4) is 5.75 Å². The predicted molar refractivity (Wildman–Crippen MR) is 117 cm³/mol. The summed E-state index contributed by atoms with van der Waals surface area (Å²) in [6, 6.07) is 10.9. The number of ether oxygens (including phenoxy) is 1. The summed E-state index contributed by atoms with van der Waals surface area (Å²) in [4.78, 5) is 18.6. The number of methoxy groups -OCH3 is 1. The molecule has 2 aliphatic rings. The summed E-state index contributed by atoms with van der Waals surface area (Å²) in [6.45, 7) is 0. The van der Waals surface area contributed by atoms with E-state index in [4.69, 9.17) is 16.3 Å². The van der Waals surface area contributed by atoms with Crippen molar-refractivity contribution in [3.05, 3.63) is 58.9 Å². The molecule has 0 N–H and O–H groups in total.